The molecule has 2 atom stereocenters. The number of carbonyl (C=O) groups is 3. The van der Waals surface area contributed by atoms with E-state index in [1.54, 1.807) is 84.9 Å². The fraction of sp³-hybridized carbons (Fsp3) is 0.194. The number of likely N-dealkylation sites (tertiary alicyclic amines) is 1. The van der Waals surface area contributed by atoms with Crippen molar-refractivity contribution in [1.82, 2.24) is 10.2 Å². The van der Waals surface area contributed by atoms with E-state index in [4.69, 9.17) is 18.9 Å². The predicted octanol–water partition coefficient (Wildman–Crippen LogP) is 5.06. The molecule has 5 rings (SSSR count). The lowest BCUT2D eigenvalue weighted by atomic mass is 10.0. The molecule has 254 valence electrons. The van der Waals surface area contributed by atoms with Crippen LogP contribution in [0, 0.1) is 0 Å². The van der Waals surface area contributed by atoms with Crippen molar-refractivity contribution in [3.05, 3.63) is 138 Å². The first-order valence-electron chi connectivity index (χ1n) is 15.1. The molecule has 4 aromatic rings. The highest BCUT2D eigenvalue weighted by Crippen LogP contribution is 2.43. The Hall–Kier alpha value is -5.27. The first-order valence-corrected chi connectivity index (χ1v) is 17.9. The number of esters is 1. The minimum absolute atomic E-state index is 0.00398. The fourth-order valence-corrected chi connectivity index (χ4v) is 8.77. The number of allylic oxidation sites excluding steroid dienone is 1. The topological polar surface area (TPSA) is 138 Å². The number of methoxy groups -OCH3 is 2. The third kappa shape index (κ3) is 8.07. The third-order valence-corrected chi connectivity index (χ3v) is 11.2. The van der Waals surface area contributed by atoms with Gasteiger partial charge in [-0.3, -0.25) is 14.5 Å². The summed E-state index contributed by atoms with van der Waals surface area (Å²) in [5, 5.41) is 1.26. The molecule has 0 radical (unpaired) electrons. The van der Waals surface area contributed by atoms with Crippen LogP contribution >= 0.6 is 10.8 Å². The molecule has 0 spiro atoms. The van der Waals surface area contributed by atoms with Crippen LogP contribution in [0.5, 0.6) is 11.5 Å². The van der Waals surface area contributed by atoms with Crippen molar-refractivity contribution in [2.24, 2.45) is 0 Å². The Bertz CT molecular complexity index is 1880. The van der Waals surface area contributed by atoms with E-state index in [1.807, 2.05) is 12.1 Å². The highest BCUT2D eigenvalue weighted by molar-refractivity contribution is 8.72. The summed E-state index contributed by atoms with van der Waals surface area (Å²) < 4.78 is 50.0. The lowest BCUT2D eigenvalue weighted by Crippen LogP contribution is -2.70. The van der Waals surface area contributed by atoms with Crippen LogP contribution in [0.4, 0.5) is 0 Å². The molecule has 0 aromatic heterocycles. The van der Waals surface area contributed by atoms with Gasteiger partial charge >= 0.3 is 5.97 Å². The molecule has 1 aliphatic rings. The van der Waals surface area contributed by atoms with E-state index < -0.39 is 50.8 Å². The van der Waals surface area contributed by atoms with E-state index in [-0.39, 0.29) is 22.1 Å². The number of benzene rings is 4. The molecular weight excluding hydrogens is 669 g/mol. The zero-order valence-electron chi connectivity index (χ0n) is 26.8. The van der Waals surface area contributed by atoms with Crippen LogP contribution in [0.25, 0.3) is 0 Å². The number of ether oxygens (including phenoxy) is 4. The van der Waals surface area contributed by atoms with Gasteiger partial charge in [0.15, 0.2) is 18.4 Å². The van der Waals surface area contributed by atoms with Gasteiger partial charge in [0.05, 0.1) is 14.2 Å². The molecule has 0 aliphatic carbocycles. The summed E-state index contributed by atoms with van der Waals surface area (Å²) in [6, 6.07) is 31.3. The van der Waals surface area contributed by atoms with Crippen LogP contribution in [-0.4, -0.2) is 63.3 Å². The fourth-order valence-electron chi connectivity index (χ4n) is 5.08. The Labute approximate surface area is 288 Å². The minimum atomic E-state index is -4.24. The molecule has 0 saturated carbocycles. The smallest absolute Gasteiger partial charge is 0.359 e. The van der Waals surface area contributed by atoms with E-state index in [2.05, 4.69) is 5.32 Å². The van der Waals surface area contributed by atoms with Gasteiger partial charge in [-0.1, -0.05) is 91.0 Å². The van der Waals surface area contributed by atoms with Crippen LogP contribution in [0.2, 0.25) is 0 Å². The molecule has 1 fully saturated rings. The zero-order valence-corrected chi connectivity index (χ0v) is 28.5. The second-order valence-corrected chi connectivity index (χ2v) is 14.6. The molecule has 2 unspecified atom stereocenters. The quantitative estimate of drug-likeness (QED) is 0.0624. The Balaban J connectivity index is 1.48. The summed E-state index contributed by atoms with van der Waals surface area (Å²) in [7, 11) is -1.22. The number of rotatable bonds is 14. The van der Waals surface area contributed by atoms with Gasteiger partial charge in [0.25, 0.3) is 11.8 Å². The molecule has 1 aliphatic heterocycles. The van der Waals surface area contributed by atoms with Crippen molar-refractivity contribution in [2.45, 2.75) is 29.3 Å². The zero-order chi connectivity index (χ0) is 35.0. The second-order valence-electron chi connectivity index (χ2n) is 10.7. The summed E-state index contributed by atoms with van der Waals surface area (Å²) in [5.74, 6) is -1.86. The maximum Gasteiger partial charge on any atom is 0.359 e. The Morgan fingerprint density at radius 2 is 1.39 bits per heavy atom. The maximum atomic E-state index is 14.1. The third-order valence-electron chi connectivity index (χ3n) is 7.54. The number of nitrogens with zero attached hydrogens (tertiary/aromatic N) is 1. The summed E-state index contributed by atoms with van der Waals surface area (Å²) in [4.78, 5) is 41.8. The molecule has 4 aromatic carbocycles. The van der Waals surface area contributed by atoms with Crippen molar-refractivity contribution < 1.29 is 41.7 Å². The van der Waals surface area contributed by atoms with Crippen molar-refractivity contribution >= 4 is 37.4 Å². The summed E-state index contributed by atoms with van der Waals surface area (Å²) >= 11 is 0. The average molecular weight is 703 g/mol. The highest BCUT2D eigenvalue weighted by Gasteiger charge is 2.55. The second kappa shape index (κ2) is 15.8. The van der Waals surface area contributed by atoms with Gasteiger partial charge < -0.3 is 24.3 Å². The molecule has 2 amide bonds. The van der Waals surface area contributed by atoms with Gasteiger partial charge in [0.1, 0.15) is 33.6 Å². The Kier molecular flexibility index (Phi) is 11.3. The van der Waals surface area contributed by atoms with Gasteiger partial charge in [-0.05, 0) is 42.3 Å². The summed E-state index contributed by atoms with van der Waals surface area (Å²) in [6.45, 7) is 1.02. The van der Waals surface area contributed by atoms with Gasteiger partial charge in [0.2, 0.25) is 8.87 Å². The number of hydrogen-bond acceptors (Lipinski definition) is 10. The standard InChI is InChI=1S/C36H34N2O9S2/c1-24(44-2)32(36(41)47-33(25-15-7-4-8-16-25)26-17-9-5-10-18-26)38-34(40)31(37-30(39)23-46-27-19-11-6-12-20-27)35(38)48-49(42,43)29-22-14-13-21-28(29)45-3/h4-22,31,33,35H,23H2,1-3H3,(H,37,39)/b32-24-. The normalized spacial score (nSPS) is 16.2. The Morgan fingerprint density at radius 1 is 0.837 bits per heavy atom. The van der Waals surface area contributed by atoms with Crippen molar-refractivity contribution in [3.63, 3.8) is 0 Å². The lowest BCUT2D eigenvalue weighted by Gasteiger charge is -2.46. The van der Waals surface area contributed by atoms with Crippen LogP contribution < -0.4 is 14.8 Å². The van der Waals surface area contributed by atoms with E-state index in [0.717, 1.165) is 4.90 Å². The molecule has 1 saturated heterocycles. The number of para-hydroxylation sites is 2. The minimum Gasteiger partial charge on any atom is -0.499 e. The summed E-state index contributed by atoms with van der Waals surface area (Å²) in [5.41, 5.74) is 1.02. The van der Waals surface area contributed by atoms with E-state index in [1.165, 1.54) is 39.3 Å². The molecule has 11 nitrogen and oxygen atoms in total. The highest BCUT2D eigenvalue weighted by atomic mass is 33.1. The van der Waals surface area contributed by atoms with Gasteiger partial charge in [-0.2, -0.15) is 0 Å². The van der Waals surface area contributed by atoms with Gasteiger partial charge in [-0.15, -0.1) is 0 Å². The van der Waals surface area contributed by atoms with Crippen molar-refractivity contribution in [2.75, 3.05) is 20.8 Å². The number of amides is 2. The van der Waals surface area contributed by atoms with Gasteiger partial charge in [0, 0.05) is 10.8 Å². The van der Waals surface area contributed by atoms with Crippen LogP contribution in [-0.2, 0) is 32.7 Å². The first-order chi connectivity index (χ1) is 23.6. The van der Waals surface area contributed by atoms with Crippen molar-refractivity contribution in [1.29, 1.82) is 0 Å². The lowest BCUT2D eigenvalue weighted by molar-refractivity contribution is -0.155. The summed E-state index contributed by atoms with van der Waals surface area (Å²) in [6.07, 6.45) is -0.875. The maximum absolute atomic E-state index is 14.1. The first kappa shape index (κ1) is 35.0. The molecule has 49 heavy (non-hydrogen) atoms. The average Bonchev–Trinajstić information content (AvgIpc) is 3.14. The molecule has 1 heterocycles. The number of hydrogen-bond donors (Lipinski definition) is 1. The number of β-lactam (4-membered cyclic amide) rings is 1. The van der Waals surface area contributed by atoms with Crippen LogP contribution in [0.15, 0.2) is 132 Å². The van der Waals surface area contributed by atoms with E-state index in [9.17, 15) is 22.8 Å². The number of nitrogens with one attached hydrogen (secondary N) is 1. The Morgan fingerprint density at radius 3 is 1.96 bits per heavy atom. The van der Waals surface area contributed by atoms with Crippen molar-refractivity contribution in [3.8, 4) is 11.5 Å². The van der Waals surface area contributed by atoms with Crippen LogP contribution in [0.3, 0.4) is 0 Å². The van der Waals surface area contributed by atoms with E-state index in [0.29, 0.717) is 27.7 Å². The molecular formula is C36H34N2O9S2. The van der Waals surface area contributed by atoms with Gasteiger partial charge in [-0.25, -0.2) is 13.2 Å². The van der Waals surface area contributed by atoms with Crippen LogP contribution in [0.1, 0.15) is 24.2 Å². The molecule has 13 heteroatoms. The molecule has 0 bridgehead atoms. The van der Waals surface area contributed by atoms with E-state index >= 15 is 0 Å². The SMILES string of the molecule is CO/C(C)=C(/C(=O)OC(c1ccccc1)c1ccccc1)N1C(=O)C(NC(=O)COc2ccccc2)C1SS(=O)(=O)c1ccccc1OC. The monoisotopic (exact) mass is 702 g/mol. The molecule has 1 N–H and O–H groups in total. The largest absolute Gasteiger partial charge is 0.499 e. The number of carbonyl (C=O) groups excluding carboxylic acids is 3. The predicted molar refractivity (Wildman–Crippen MR) is 183 cm³/mol.